The number of fused-ring (bicyclic) bond motifs is 1. The number of amides is 3. The number of rotatable bonds is 5. The topological polar surface area (TPSA) is 103 Å². The van der Waals surface area contributed by atoms with Crippen molar-refractivity contribution in [2.24, 2.45) is 0 Å². The Labute approximate surface area is 161 Å². The van der Waals surface area contributed by atoms with Crippen molar-refractivity contribution in [3.8, 4) is 11.5 Å². The number of benzene rings is 2. The first kappa shape index (κ1) is 19.2. The number of carbonyl (C=O) groups excluding carboxylic acids is 3. The van der Waals surface area contributed by atoms with Crippen molar-refractivity contribution < 1.29 is 28.6 Å². The monoisotopic (exact) mass is 384 g/mol. The van der Waals surface area contributed by atoms with Gasteiger partial charge in [-0.3, -0.25) is 14.9 Å². The van der Waals surface area contributed by atoms with Crippen LogP contribution < -0.4 is 20.1 Å². The van der Waals surface area contributed by atoms with Gasteiger partial charge < -0.3 is 19.5 Å². The minimum Gasteiger partial charge on any atom is -0.486 e. The van der Waals surface area contributed by atoms with Gasteiger partial charge in [-0.05, 0) is 17.7 Å². The Balaban J connectivity index is 1.72. The van der Waals surface area contributed by atoms with Gasteiger partial charge in [-0.25, -0.2) is 4.79 Å². The summed E-state index contributed by atoms with van der Waals surface area (Å²) in [6.07, 6.45) is -1.31. The highest BCUT2D eigenvalue weighted by atomic mass is 16.6. The van der Waals surface area contributed by atoms with E-state index in [1.807, 2.05) is 0 Å². The van der Waals surface area contributed by atoms with Gasteiger partial charge in [-0.1, -0.05) is 36.4 Å². The van der Waals surface area contributed by atoms with Crippen LogP contribution in [0.4, 0.5) is 4.79 Å². The van der Waals surface area contributed by atoms with Crippen LogP contribution in [0.3, 0.4) is 0 Å². The number of imide groups is 1. The second-order valence-corrected chi connectivity index (χ2v) is 6.00. The quantitative estimate of drug-likeness (QED) is 0.762. The van der Waals surface area contributed by atoms with E-state index in [0.717, 1.165) is 0 Å². The largest absolute Gasteiger partial charge is 0.486 e. The molecule has 0 unspecified atom stereocenters. The molecule has 1 heterocycles. The molecule has 8 heteroatoms. The number of carbonyl (C=O) groups is 3. The highest BCUT2D eigenvalue weighted by molar-refractivity contribution is 5.97. The Morgan fingerprint density at radius 3 is 2.46 bits per heavy atom. The standard InChI is InChI=1S/C20H20N2O6/c1-21-20(25)22-19(24)18(14-5-3-2-4-6-14)28-17(23)12-13-7-8-15-16(11-13)27-10-9-26-15/h2-8,11,18H,9-10,12H2,1H3,(H2,21,22,24,25)/t18-/m1/s1. The van der Waals surface area contributed by atoms with Crippen molar-refractivity contribution in [3.63, 3.8) is 0 Å². The zero-order valence-corrected chi connectivity index (χ0v) is 15.3. The molecule has 1 aliphatic heterocycles. The molecule has 3 amide bonds. The van der Waals surface area contributed by atoms with Crippen molar-refractivity contribution >= 4 is 17.9 Å². The van der Waals surface area contributed by atoms with Crippen LogP contribution in [0.15, 0.2) is 48.5 Å². The van der Waals surface area contributed by atoms with E-state index >= 15 is 0 Å². The fourth-order valence-electron chi connectivity index (χ4n) is 2.68. The van der Waals surface area contributed by atoms with Gasteiger partial charge in [0.25, 0.3) is 5.91 Å². The molecule has 28 heavy (non-hydrogen) atoms. The fraction of sp³-hybridized carbons (Fsp3) is 0.250. The van der Waals surface area contributed by atoms with E-state index in [9.17, 15) is 14.4 Å². The first-order valence-corrected chi connectivity index (χ1v) is 8.72. The SMILES string of the molecule is CNC(=O)NC(=O)[C@H](OC(=O)Cc1ccc2c(c1)OCCO2)c1ccccc1. The van der Waals surface area contributed by atoms with Gasteiger partial charge in [-0.2, -0.15) is 0 Å². The molecule has 1 atom stereocenters. The maximum atomic E-state index is 12.4. The van der Waals surface area contributed by atoms with E-state index in [-0.39, 0.29) is 6.42 Å². The molecule has 0 aliphatic carbocycles. The summed E-state index contributed by atoms with van der Waals surface area (Å²) in [5.41, 5.74) is 1.12. The molecule has 0 spiro atoms. The smallest absolute Gasteiger partial charge is 0.321 e. The molecule has 3 rings (SSSR count). The molecule has 0 saturated carbocycles. The Morgan fingerprint density at radius 2 is 1.75 bits per heavy atom. The summed E-state index contributed by atoms with van der Waals surface area (Å²) < 4.78 is 16.3. The van der Waals surface area contributed by atoms with Crippen LogP contribution in [0.25, 0.3) is 0 Å². The second-order valence-electron chi connectivity index (χ2n) is 6.00. The molecule has 146 valence electrons. The number of ether oxygens (including phenoxy) is 3. The van der Waals surface area contributed by atoms with Crippen molar-refractivity contribution in [2.75, 3.05) is 20.3 Å². The highest BCUT2D eigenvalue weighted by Crippen LogP contribution is 2.31. The third-order valence-corrected chi connectivity index (χ3v) is 4.01. The van der Waals surface area contributed by atoms with Crippen LogP contribution in [0.1, 0.15) is 17.2 Å². The lowest BCUT2D eigenvalue weighted by Crippen LogP contribution is -2.41. The van der Waals surface area contributed by atoms with E-state index in [2.05, 4.69) is 10.6 Å². The predicted molar refractivity (Wildman–Crippen MR) is 99.0 cm³/mol. The molecular formula is C20H20N2O6. The fourth-order valence-corrected chi connectivity index (χ4v) is 2.68. The van der Waals surface area contributed by atoms with Gasteiger partial charge in [0.05, 0.1) is 6.42 Å². The van der Waals surface area contributed by atoms with Crippen molar-refractivity contribution in [2.45, 2.75) is 12.5 Å². The van der Waals surface area contributed by atoms with Crippen molar-refractivity contribution in [1.82, 2.24) is 10.6 Å². The molecule has 2 aromatic rings. The molecule has 2 N–H and O–H groups in total. The molecular weight excluding hydrogens is 364 g/mol. The van der Waals surface area contributed by atoms with E-state index < -0.39 is 24.0 Å². The molecule has 1 aliphatic rings. The minimum absolute atomic E-state index is 0.0623. The first-order chi connectivity index (χ1) is 13.6. The summed E-state index contributed by atoms with van der Waals surface area (Å²) in [6, 6.07) is 13.0. The first-order valence-electron chi connectivity index (χ1n) is 8.72. The van der Waals surface area contributed by atoms with Crippen molar-refractivity contribution in [3.05, 3.63) is 59.7 Å². The average molecular weight is 384 g/mol. The summed E-state index contributed by atoms with van der Waals surface area (Å²) in [5.74, 6) is -0.164. The van der Waals surface area contributed by atoms with Crippen LogP contribution in [0.5, 0.6) is 11.5 Å². The summed E-state index contributed by atoms with van der Waals surface area (Å²) in [5, 5.41) is 4.42. The zero-order valence-electron chi connectivity index (χ0n) is 15.3. The van der Waals surface area contributed by atoms with Gasteiger partial charge in [0, 0.05) is 12.6 Å². The molecule has 0 fully saturated rings. The lowest BCUT2D eigenvalue weighted by molar-refractivity contribution is -0.155. The Hall–Kier alpha value is -3.55. The summed E-state index contributed by atoms with van der Waals surface area (Å²) in [6.45, 7) is 0.921. The van der Waals surface area contributed by atoms with Crippen LogP contribution in [-0.4, -0.2) is 38.2 Å². The summed E-state index contributed by atoms with van der Waals surface area (Å²) >= 11 is 0. The molecule has 0 radical (unpaired) electrons. The van der Waals surface area contributed by atoms with Crippen LogP contribution in [-0.2, 0) is 20.7 Å². The number of urea groups is 1. The van der Waals surface area contributed by atoms with Gasteiger partial charge in [0.2, 0.25) is 6.10 Å². The third-order valence-electron chi connectivity index (χ3n) is 4.01. The van der Waals surface area contributed by atoms with E-state index in [1.165, 1.54) is 7.05 Å². The Bertz CT molecular complexity index is 868. The van der Waals surface area contributed by atoms with Crippen LogP contribution >= 0.6 is 0 Å². The van der Waals surface area contributed by atoms with Crippen molar-refractivity contribution in [1.29, 1.82) is 0 Å². The lowest BCUT2D eigenvalue weighted by atomic mass is 10.1. The molecule has 0 aromatic heterocycles. The maximum Gasteiger partial charge on any atom is 0.321 e. The molecule has 8 nitrogen and oxygen atoms in total. The predicted octanol–water partition coefficient (Wildman–Crippen LogP) is 1.74. The normalized spacial score (nSPS) is 13.2. The van der Waals surface area contributed by atoms with E-state index in [4.69, 9.17) is 14.2 Å². The van der Waals surface area contributed by atoms with Crippen LogP contribution in [0.2, 0.25) is 0 Å². The highest BCUT2D eigenvalue weighted by Gasteiger charge is 2.26. The minimum atomic E-state index is -1.25. The Morgan fingerprint density at radius 1 is 1.04 bits per heavy atom. The maximum absolute atomic E-state index is 12.4. The molecule has 2 aromatic carbocycles. The number of hydrogen-bond donors (Lipinski definition) is 2. The number of nitrogens with one attached hydrogen (secondary N) is 2. The second kappa shape index (κ2) is 8.90. The zero-order chi connectivity index (χ0) is 19.9. The van der Waals surface area contributed by atoms with Crippen LogP contribution in [0, 0.1) is 0 Å². The summed E-state index contributed by atoms with van der Waals surface area (Å²) in [4.78, 5) is 36.3. The van der Waals surface area contributed by atoms with E-state index in [1.54, 1.807) is 48.5 Å². The van der Waals surface area contributed by atoms with Gasteiger partial charge in [0.15, 0.2) is 11.5 Å². The van der Waals surface area contributed by atoms with E-state index in [0.29, 0.717) is 35.8 Å². The number of hydrogen-bond acceptors (Lipinski definition) is 6. The molecule has 0 bridgehead atoms. The third kappa shape index (κ3) is 4.79. The van der Waals surface area contributed by atoms with Gasteiger partial charge in [0.1, 0.15) is 13.2 Å². The lowest BCUT2D eigenvalue weighted by Gasteiger charge is -2.19. The van der Waals surface area contributed by atoms with Gasteiger partial charge in [-0.15, -0.1) is 0 Å². The molecule has 0 saturated heterocycles. The van der Waals surface area contributed by atoms with Gasteiger partial charge >= 0.3 is 12.0 Å². The Kier molecular flexibility index (Phi) is 6.11. The summed E-state index contributed by atoms with van der Waals surface area (Å²) in [7, 11) is 1.38. The number of esters is 1. The average Bonchev–Trinajstić information content (AvgIpc) is 2.72.